The summed E-state index contributed by atoms with van der Waals surface area (Å²) in [7, 11) is 0. The summed E-state index contributed by atoms with van der Waals surface area (Å²) < 4.78 is 5.16. The molecule has 22 heavy (non-hydrogen) atoms. The van der Waals surface area contributed by atoms with Crippen molar-refractivity contribution in [3.05, 3.63) is 35.2 Å². The predicted octanol–water partition coefficient (Wildman–Crippen LogP) is 2.03. The molecule has 0 unspecified atom stereocenters. The van der Waals surface area contributed by atoms with E-state index in [0.29, 0.717) is 29.7 Å². The monoisotopic (exact) mass is 322 g/mol. The van der Waals surface area contributed by atoms with E-state index < -0.39 is 6.04 Å². The van der Waals surface area contributed by atoms with E-state index in [9.17, 15) is 4.79 Å². The molecule has 6 nitrogen and oxygen atoms in total. The van der Waals surface area contributed by atoms with E-state index >= 15 is 0 Å². The summed E-state index contributed by atoms with van der Waals surface area (Å²) in [5, 5.41) is 7.32. The Balaban J connectivity index is 1.87. The second-order valence-corrected chi connectivity index (χ2v) is 5.77. The van der Waals surface area contributed by atoms with Crippen molar-refractivity contribution in [2.45, 2.75) is 26.3 Å². The summed E-state index contributed by atoms with van der Waals surface area (Å²) >= 11 is 5.84. The molecule has 3 N–H and O–H groups in total. The molecule has 1 heterocycles. The fourth-order valence-electron chi connectivity index (χ4n) is 1.79. The average Bonchev–Trinajstić information content (AvgIpc) is 2.95. The molecule has 0 bridgehead atoms. The van der Waals surface area contributed by atoms with Crippen molar-refractivity contribution in [1.82, 2.24) is 15.5 Å². The summed E-state index contributed by atoms with van der Waals surface area (Å²) in [6.45, 7) is 4.21. The number of carbonyl (C=O) groups is 1. The molecule has 0 saturated carbocycles. The maximum absolute atomic E-state index is 11.7. The van der Waals surface area contributed by atoms with Gasteiger partial charge in [0.25, 0.3) is 0 Å². The number of nitrogens with two attached hydrogens (primary N) is 1. The molecule has 1 amide bonds. The molecule has 2 rings (SSSR count). The lowest BCUT2D eigenvalue weighted by Crippen LogP contribution is -2.44. The summed E-state index contributed by atoms with van der Waals surface area (Å²) in [5.41, 5.74) is 6.58. The van der Waals surface area contributed by atoms with E-state index in [1.165, 1.54) is 0 Å². The summed E-state index contributed by atoms with van der Waals surface area (Å²) in [6, 6.07) is 6.66. The van der Waals surface area contributed by atoms with Crippen molar-refractivity contribution in [3.8, 4) is 11.4 Å². The van der Waals surface area contributed by atoms with E-state index in [4.69, 9.17) is 21.9 Å². The van der Waals surface area contributed by atoms with Crippen LogP contribution in [0.1, 0.15) is 19.7 Å². The van der Waals surface area contributed by atoms with Crippen molar-refractivity contribution in [2.24, 2.45) is 11.7 Å². The Morgan fingerprint density at radius 3 is 2.68 bits per heavy atom. The highest BCUT2D eigenvalue weighted by molar-refractivity contribution is 6.30. The Bertz CT molecular complexity index is 625. The quantitative estimate of drug-likeness (QED) is 0.848. The molecular weight excluding hydrogens is 304 g/mol. The number of nitrogens with one attached hydrogen (secondary N) is 1. The lowest BCUT2D eigenvalue weighted by atomic mass is 10.1. The number of hydrogen-bond donors (Lipinski definition) is 2. The van der Waals surface area contributed by atoms with Gasteiger partial charge >= 0.3 is 0 Å². The molecule has 1 aromatic heterocycles. The van der Waals surface area contributed by atoms with E-state index in [2.05, 4.69) is 15.5 Å². The molecule has 0 aliphatic heterocycles. The smallest absolute Gasteiger partial charge is 0.237 e. The van der Waals surface area contributed by atoms with Gasteiger partial charge in [-0.15, -0.1) is 0 Å². The van der Waals surface area contributed by atoms with Gasteiger partial charge in [-0.2, -0.15) is 4.98 Å². The zero-order valence-electron chi connectivity index (χ0n) is 12.5. The number of benzene rings is 1. The van der Waals surface area contributed by atoms with Crippen LogP contribution in [0.3, 0.4) is 0 Å². The van der Waals surface area contributed by atoms with Gasteiger partial charge in [-0.05, 0) is 30.2 Å². The van der Waals surface area contributed by atoms with Crippen LogP contribution < -0.4 is 11.1 Å². The molecule has 1 atom stereocenters. The largest absolute Gasteiger partial charge is 0.354 e. The van der Waals surface area contributed by atoms with Crippen molar-refractivity contribution in [1.29, 1.82) is 0 Å². The summed E-state index contributed by atoms with van der Waals surface area (Å²) in [6.07, 6.45) is 0.456. The highest BCUT2D eigenvalue weighted by atomic mass is 35.5. The minimum Gasteiger partial charge on any atom is -0.354 e. The standard InChI is InChI=1S/C15H19ClN4O2/c1-9(2)13(17)15(21)18-8-7-12-19-14(20-22-12)10-3-5-11(16)6-4-10/h3-6,9,13H,7-8,17H2,1-2H3,(H,18,21)/t13-/m0/s1. The SMILES string of the molecule is CC(C)[C@H](N)C(=O)NCCc1nc(-c2ccc(Cl)cc2)no1. The third kappa shape index (κ3) is 4.29. The van der Waals surface area contributed by atoms with Crippen LogP contribution in [0.2, 0.25) is 5.02 Å². The van der Waals surface area contributed by atoms with Gasteiger partial charge in [0, 0.05) is 23.6 Å². The minimum atomic E-state index is -0.507. The maximum atomic E-state index is 11.7. The van der Waals surface area contributed by atoms with Crippen LogP contribution in [0.25, 0.3) is 11.4 Å². The molecule has 0 aliphatic carbocycles. The average molecular weight is 323 g/mol. The Hall–Kier alpha value is -1.92. The Kier molecular flexibility index (Phi) is 5.51. The lowest BCUT2D eigenvalue weighted by Gasteiger charge is -2.14. The van der Waals surface area contributed by atoms with Gasteiger partial charge in [-0.1, -0.05) is 30.6 Å². The number of nitrogens with zero attached hydrogens (tertiary/aromatic N) is 2. The van der Waals surface area contributed by atoms with Gasteiger partial charge in [-0.25, -0.2) is 0 Å². The highest BCUT2D eigenvalue weighted by Crippen LogP contribution is 2.18. The van der Waals surface area contributed by atoms with Gasteiger partial charge in [-0.3, -0.25) is 4.79 Å². The van der Waals surface area contributed by atoms with Crippen molar-refractivity contribution >= 4 is 17.5 Å². The molecule has 7 heteroatoms. The van der Waals surface area contributed by atoms with Crippen LogP contribution in [-0.4, -0.2) is 28.6 Å². The highest BCUT2D eigenvalue weighted by Gasteiger charge is 2.17. The van der Waals surface area contributed by atoms with Gasteiger partial charge in [0.1, 0.15) is 0 Å². The molecule has 0 saturated heterocycles. The first-order valence-corrected chi connectivity index (χ1v) is 7.47. The van der Waals surface area contributed by atoms with Crippen LogP contribution in [0.15, 0.2) is 28.8 Å². The number of amides is 1. The van der Waals surface area contributed by atoms with Gasteiger partial charge < -0.3 is 15.6 Å². The number of rotatable bonds is 6. The Morgan fingerprint density at radius 2 is 2.05 bits per heavy atom. The predicted molar refractivity (Wildman–Crippen MR) is 84.3 cm³/mol. The van der Waals surface area contributed by atoms with Gasteiger partial charge in [0.15, 0.2) is 0 Å². The van der Waals surface area contributed by atoms with Crippen LogP contribution in [0.5, 0.6) is 0 Å². The fraction of sp³-hybridized carbons (Fsp3) is 0.400. The zero-order chi connectivity index (χ0) is 16.1. The fourth-order valence-corrected chi connectivity index (χ4v) is 1.91. The summed E-state index contributed by atoms with van der Waals surface area (Å²) in [4.78, 5) is 16.0. The summed E-state index contributed by atoms with van der Waals surface area (Å²) in [5.74, 6) is 0.882. The lowest BCUT2D eigenvalue weighted by molar-refractivity contribution is -0.123. The zero-order valence-corrected chi connectivity index (χ0v) is 13.3. The van der Waals surface area contributed by atoms with E-state index in [-0.39, 0.29) is 11.8 Å². The Labute approximate surface area is 134 Å². The van der Waals surface area contributed by atoms with Crippen molar-refractivity contribution in [3.63, 3.8) is 0 Å². The number of halogens is 1. The van der Waals surface area contributed by atoms with Crippen LogP contribution in [0.4, 0.5) is 0 Å². The van der Waals surface area contributed by atoms with Crippen LogP contribution >= 0.6 is 11.6 Å². The molecule has 0 fully saturated rings. The van der Waals surface area contributed by atoms with Crippen molar-refractivity contribution < 1.29 is 9.32 Å². The molecule has 0 radical (unpaired) electrons. The molecular formula is C15H19ClN4O2. The third-order valence-corrected chi connectivity index (χ3v) is 3.48. The van der Waals surface area contributed by atoms with Gasteiger partial charge in [0.05, 0.1) is 6.04 Å². The number of hydrogen-bond acceptors (Lipinski definition) is 5. The van der Waals surface area contributed by atoms with Gasteiger partial charge in [0.2, 0.25) is 17.6 Å². The second kappa shape index (κ2) is 7.38. The molecule has 0 aliphatic rings. The minimum absolute atomic E-state index is 0.0971. The Morgan fingerprint density at radius 1 is 1.36 bits per heavy atom. The number of carbonyl (C=O) groups excluding carboxylic acids is 1. The first kappa shape index (κ1) is 16.5. The molecule has 1 aromatic carbocycles. The van der Waals surface area contributed by atoms with Crippen LogP contribution in [0, 0.1) is 5.92 Å². The molecule has 118 valence electrons. The normalized spacial score (nSPS) is 12.4. The second-order valence-electron chi connectivity index (χ2n) is 5.33. The molecule has 0 spiro atoms. The van der Waals surface area contributed by atoms with Crippen molar-refractivity contribution in [2.75, 3.05) is 6.54 Å². The third-order valence-electron chi connectivity index (χ3n) is 3.23. The van der Waals surface area contributed by atoms with E-state index in [0.717, 1.165) is 5.56 Å². The molecule has 2 aromatic rings. The number of aromatic nitrogens is 2. The van der Waals surface area contributed by atoms with E-state index in [1.807, 2.05) is 26.0 Å². The van der Waals surface area contributed by atoms with E-state index in [1.54, 1.807) is 12.1 Å². The maximum Gasteiger partial charge on any atom is 0.237 e. The topological polar surface area (TPSA) is 94.0 Å². The van der Waals surface area contributed by atoms with Crippen LogP contribution in [-0.2, 0) is 11.2 Å². The first-order valence-electron chi connectivity index (χ1n) is 7.09. The first-order chi connectivity index (χ1) is 10.5.